The van der Waals surface area contributed by atoms with Crippen molar-refractivity contribution in [3.8, 4) is 16.9 Å². The molecule has 0 saturated heterocycles. The van der Waals surface area contributed by atoms with Gasteiger partial charge in [0.25, 0.3) is 5.91 Å². The van der Waals surface area contributed by atoms with E-state index in [-0.39, 0.29) is 18.2 Å². The van der Waals surface area contributed by atoms with E-state index in [0.717, 1.165) is 22.5 Å². The molecule has 0 aliphatic carbocycles. The average Bonchev–Trinajstić information content (AvgIpc) is 3.48. The van der Waals surface area contributed by atoms with Crippen molar-refractivity contribution in [1.82, 2.24) is 15.1 Å². The van der Waals surface area contributed by atoms with Crippen LogP contribution in [0.25, 0.3) is 16.9 Å². The van der Waals surface area contributed by atoms with Gasteiger partial charge in [-0.05, 0) is 61.9 Å². The minimum absolute atomic E-state index is 0.209. The summed E-state index contributed by atoms with van der Waals surface area (Å²) in [5.41, 5.74) is 4.23. The summed E-state index contributed by atoms with van der Waals surface area (Å²) in [5, 5.41) is 7.31. The lowest BCUT2D eigenvalue weighted by Gasteiger charge is -2.10. The second-order valence-electron chi connectivity index (χ2n) is 7.17. The lowest BCUT2D eigenvalue weighted by atomic mass is 10.1. The lowest BCUT2D eigenvalue weighted by Crippen LogP contribution is -2.22. The summed E-state index contributed by atoms with van der Waals surface area (Å²) in [4.78, 5) is 24.8. The number of carbonyl (C=O) groups is 2. The molecule has 4 aromatic rings. The lowest BCUT2D eigenvalue weighted by molar-refractivity contribution is 0.0519. The van der Waals surface area contributed by atoms with Crippen LogP contribution < -0.4 is 5.32 Å². The van der Waals surface area contributed by atoms with Gasteiger partial charge >= 0.3 is 5.97 Å². The summed E-state index contributed by atoms with van der Waals surface area (Å²) in [6.45, 7) is 4.34. The number of aromatic nitrogens is 2. The van der Waals surface area contributed by atoms with Gasteiger partial charge in [0.1, 0.15) is 5.76 Å². The highest BCUT2D eigenvalue weighted by Gasteiger charge is 2.19. The zero-order chi connectivity index (χ0) is 22.5. The largest absolute Gasteiger partial charge is 0.467 e. The first-order valence-corrected chi connectivity index (χ1v) is 10.3. The maximum absolute atomic E-state index is 12.4. The van der Waals surface area contributed by atoms with Crippen LogP contribution >= 0.6 is 0 Å². The van der Waals surface area contributed by atoms with E-state index >= 15 is 0 Å². The molecule has 4 rings (SSSR count). The van der Waals surface area contributed by atoms with Crippen LogP contribution in [0.1, 0.15) is 39.1 Å². The van der Waals surface area contributed by atoms with Gasteiger partial charge in [-0.3, -0.25) is 4.79 Å². The molecule has 0 atom stereocenters. The van der Waals surface area contributed by atoms with Gasteiger partial charge in [0.05, 0.1) is 30.8 Å². The van der Waals surface area contributed by atoms with E-state index in [4.69, 9.17) is 9.15 Å². The number of esters is 1. The van der Waals surface area contributed by atoms with Gasteiger partial charge in [-0.25, -0.2) is 9.48 Å². The number of hydrogen-bond donors (Lipinski definition) is 1. The Morgan fingerprint density at radius 1 is 1.06 bits per heavy atom. The number of rotatable bonds is 7. The Labute approximate surface area is 185 Å². The molecule has 0 aliphatic rings. The third-order valence-corrected chi connectivity index (χ3v) is 4.99. The fourth-order valence-electron chi connectivity index (χ4n) is 3.37. The van der Waals surface area contributed by atoms with Crippen LogP contribution in [0.4, 0.5) is 0 Å². The Hall–Kier alpha value is -4.13. The van der Waals surface area contributed by atoms with Gasteiger partial charge in [0.2, 0.25) is 0 Å². The minimum atomic E-state index is -0.477. The van der Waals surface area contributed by atoms with Crippen molar-refractivity contribution in [2.75, 3.05) is 6.61 Å². The van der Waals surface area contributed by atoms with Gasteiger partial charge in [-0.1, -0.05) is 24.3 Å². The first-order chi connectivity index (χ1) is 15.6. The number of aryl methyl sites for hydroxylation is 1. The van der Waals surface area contributed by atoms with Crippen molar-refractivity contribution < 1.29 is 18.7 Å². The van der Waals surface area contributed by atoms with E-state index in [0.29, 0.717) is 17.9 Å². The molecule has 7 nitrogen and oxygen atoms in total. The van der Waals surface area contributed by atoms with Gasteiger partial charge < -0.3 is 14.5 Å². The number of ether oxygens (including phenoxy) is 1. The molecule has 0 fully saturated rings. The van der Waals surface area contributed by atoms with Crippen molar-refractivity contribution in [2.24, 2.45) is 0 Å². The van der Waals surface area contributed by atoms with Crippen LogP contribution in [0.15, 0.2) is 77.4 Å². The van der Waals surface area contributed by atoms with E-state index in [1.807, 2.05) is 31.2 Å². The molecule has 0 spiro atoms. The summed E-state index contributed by atoms with van der Waals surface area (Å²) in [7, 11) is 0. The van der Waals surface area contributed by atoms with E-state index in [9.17, 15) is 9.59 Å². The molecular weight excluding hydrogens is 406 g/mol. The molecule has 0 saturated carbocycles. The zero-order valence-electron chi connectivity index (χ0n) is 17.9. The predicted molar refractivity (Wildman–Crippen MR) is 120 cm³/mol. The van der Waals surface area contributed by atoms with E-state index in [1.54, 1.807) is 60.3 Å². The molecule has 1 amide bonds. The topological polar surface area (TPSA) is 86.4 Å². The fourth-order valence-corrected chi connectivity index (χ4v) is 3.37. The summed E-state index contributed by atoms with van der Waals surface area (Å²) in [6.07, 6.45) is 1.57. The van der Waals surface area contributed by atoms with Gasteiger partial charge in [0.15, 0.2) is 5.69 Å². The third-order valence-electron chi connectivity index (χ3n) is 4.99. The molecular formula is C25H23N3O4. The average molecular weight is 429 g/mol. The normalized spacial score (nSPS) is 10.7. The van der Waals surface area contributed by atoms with Crippen molar-refractivity contribution in [1.29, 1.82) is 0 Å². The first-order valence-electron chi connectivity index (χ1n) is 10.3. The minimum Gasteiger partial charge on any atom is -0.467 e. The van der Waals surface area contributed by atoms with Crippen molar-refractivity contribution in [3.05, 3.63) is 95.6 Å². The molecule has 32 heavy (non-hydrogen) atoms. The molecule has 0 aliphatic heterocycles. The van der Waals surface area contributed by atoms with Crippen LogP contribution in [0.2, 0.25) is 0 Å². The Bertz CT molecular complexity index is 1220. The maximum Gasteiger partial charge on any atom is 0.358 e. The molecule has 0 bridgehead atoms. The van der Waals surface area contributed by atoms with Gasteiger partial charge in [-0.15, -0.1) is 0 Å². The van der Waals surface area contributed by atoms with Crippen LogP contribution in [-0.2, 0) is 11.3 Å². The molecule has 7 heteroatoms. The van der Waals surface area contributed by atoms with E-state index < -0.39 is 5.97 Å². The Morgan fingerprint density at radius 3 is 2.53 bits per heavy atom. The number of nitrogens with zero attached hydrogens (tertiary/aromatic N) is 2. The number of benzene rings is 2. The molecule has 0 radical (unpaired) electrons. The van der Waals surface area contributed by atoms with E-state index in [2.05, 4.69) is 10.4 Å². The quantitative estimate of drug-likeness (QED) is 0.436. The summed E-state index contributed by atoms with van der Waals surface area (Å²) in [6, 6.07) is 20.2. The van der Waals surface area contributed by atoms with Crippen LogP contribution in [0.3, 0.4) is 0 Å². The fraction of sp³-hybridized carbons (Fsp3) is 0.160. The molecule has 0 unspecified atom stereocenters. The number of carbonyl (C=O) groups excluding carboxylic acids is 2. The molecule has 2 aromatic heterocycles. The standard InChI is InChI=1S/C25H23N3O4/c1-3-31-25(30)22-15-23(21-9-5-4-7-17(21)2)28(27-22)19-12-10-18(11-13-19)24(29)26-16-20-8-6-14-32-20/h4-15H,3,16H2,1-2H3,(H,26,29). The first kappa shape index (κ1) is 21.1. The molecule has 2 aromatic carbocycles. The number of amides is 1. The van der Waals surface area contributed by atoms with Crippen molar-refractivity contribution >= 4 is 11.9 Å². The molecule has 162 valence electrons. The summed E-state index contributed by atoms with van der Waals surface area (Å²) in [5.74, 6) is -0.00403. The summed E-state index contributed by atoms with van der Waals surface area (Å²) < 4.78 is 12.1. The van der Waals surface area contributed by atoms with Gasteiger partial charge in [0, 0.05) is 11.1 Å². The maximum atomic E-state index is 12.4. The Balaban J connectivity index is 1.64. The molecule has 2 heterocycles. The smallest absolute Gasteiger partial charge is 0.358 e. The summed E-state index contributed by atoms with van der Waals surface area (Å²) >= 11 is 0. The van der Waals surface area contributed by atoms with Crippen LogP contribution in [0, 0.1) is 6.92 Å². The second kappa shape index (κ2) is 9.34. The number of nitrogens with one attached hydrogen (secondary N) is 1. The van der Waals surface area contributed by atoms with E-state index in [1.165, 1.54) is 0 Å². The third kappa shape index (κ3) is 4.46. The number of hydrogen-bond acceptors (Lipinski definition) is 5. The Morgan fingerprint density at radius 2 is 1.84 bits per heavy atom. The SMILES string of the molecule is CCOC(=O)c1cc(-c2ccccc2C)n(-c2ccc(C(=O)NCc3ccco3)cc2)n1. The highest BCUT2D eigenvalue weighted by molar-refractivity contribution is 5.94. The predicted octanol–water partition coefficient (Wildman–Crippen LogP) is 4.55. The highest BCUT2D eigenvalue weighted by Crippen LogP contribution is 2.27. The Kier molecular flexibility index (Phi) is 6.17. The second-order valence-corrected chi connectivity index (χ2v) is 7.17. The van der Waals surface area contributed by atoms with Crippen LogP contribution in [-0.4, -0.2) is 28.3 Å². The van der Waals surface area contributed by atoms with Crippen LogP contribution in [0.5, 0.6) is 0 Å². The highest BCUT2D eigenvalue weighted by atomic mass is 16.5. The molecule has 1 N–H and O–H groups in total. The van der Waals surface area contributed by atoms with Gasteiger partial charge in [-0.2, -0.15) is 5.10 Å². The van der Waals surface area contributed by atoms with Crippen molar-refractivity contribution in [3.63, 3.8) is 0 Å². The van der Waals surface area contributed by atoms with Crippen molar-refractivity contribution in [2.45, 2.75) is 20.4 Å². The monoisotopic (exact) mass is 429 g/mol. The zero-order valence-corrected chi connectivity index (χ0v) is 17.9. The number of furan rings is 1.